The second kappa shape index (κ2) is 18.0. The summed E-state index contributed by atoms with van der Waals surface area (Å²) in [4.78, 5) is 36.4. The molecule has 1 unspecified atom stereocenters. The number of methoxy groups -OCH3 is 1. The minimum Gasteiger partial charge on any atom is -0.497 e. The van der Waals surface area contributed by atoms with Crippen LogP contribution in [0.3, 0.4) is 0 Å². The number of carbonyl (C=O) groups is 2. The van der Waals surface area contributed by atoms with Crippen molar-refractivity contribution < 1.29 is 24.2 Å². The summed E-state index contributed by atoms with van der Waals surface area (Å²) < 4.78 is 14.8. The number of anilines is 3. The van der Waals surface area contributed by atoms with Gasteiger partial charge in [0.25, 0.3) is 11.8 Å². The number of ether oxygens (including phenoxy) is 2. The van der Waals surface area contributed by atoms with Crippen molar-refractivity contribution in [2.24, 2.45) is 5.92 Å². The van der Waals surface area contributed by atoms with E-state index in [1.165, 1.54) is 5.19 Å². The molecule has 4 aliphatic heterocycles. The number of piperidine rings is 1. The van der Waals surface area contributed by atoms with Crippen LogP contribution in [0.1, 0.15) is 54.5 Å². The molecule has 0 radical (unpaired) electrons. The number of hydrogen-bond donors (Lipinski definition) is 2. The summed E-state index contributed by atoms with van der Waals surface area (Å²) in [7, 11) is -0.772. The standard InChI is InChI=1S/C53H58ClN7O5Si/c1-36-49(67(3,4)43-21-19-42(65-2)20-22-43)48(24-29-58-33-46(56-57-58)44(34-62)38-13-7-5-8-14-38)66-53(36)45-31-39(54)18-23-47(45)59(51(53)64)32-37-12-11-17-41(30-37)60-35-61(40-15-9-6-10-16-40)52(50(60)63)25-27-55-28-26-52/h5-23,30-31,33,36,44,48-49,55,62H,24-29,32,34-35H2,1-4H3/t36-,44?,48+,49-,53+/m0/s1. The fourth-order valence-electron chi connectivity index (χ4n) is 11.8. The third-order valence-electron chi connectivity index (χ3n) is 15.2. The number of carbonyl (C=O) groups excluding carboxylic acids is 2. The molecule has 2 spiro atoms. The molecule has 1 aromatic heterocycles. The molecule has 4 aliphatic rings. The lowest BCUT2D eigenvalue weighted by atomic mass is 9.82. The Morgan fingerprint density at radius 1 is 0.896 bits per heavy atom. The van der Waals surface area contributed by atoms with E-state index >= 15 is 4.79 Å². The zero-order valence-corrected chi connectivity index (χ0v) is 40.3. The second-order valence-electron chi connectivity index (χ2n) is 19.1. The average molecular weight is 937 g/mol. The Kier molecular flexibility index (Phi) is 12.1. The molecule has 2 amide bonds. The summed E-state index contributed by atoms with van der Waals surface area (Å²) in [6.07, 6.45) is 3.60. The molecule has 6 aromatic rings. The predicted molar refractivity (Wildman–Crippen MR) is 265 cm³/mol. The van der Waals surface area contributed by atoms with Gasteiger partial charge in [-0.05, 0) is 104 Å². The van der Waals surface area contributed by atoms with Gasteiger partial charge in [0.05, 0.1) is 58.4 Å². The summed E-state index contributed by atoms with van der Waals surface area (Å²) in [6, 6.07) is 42.2. The first-order valence-electron chi connectivity index (χ1n) is 23.4. The maximum atomic E-state index is 15.7. The number of aliphatic hydroxyl groups is 1. The van der Waals surface area contributed by atoms with Gasteiger partial charge in [-0.25, -0.2) is 0 Å². The summed E-state index contributed by atoms with van der Waals surface area (Å²) in [5.41, 5.74) is 4.00. The Morgan fingerprint density at radius 2 is 1.61 bits per heavy atom. The molecule has 5 heterocycles. The molecule has 12 nitrogen and oxygen atoms in total. The third kappa shape index (κ3) is 7.74. The van der Waals surface area contributed by atoms with E-state index < -0.39 is 19.2 Å². The van der Waals surface area contributed by atoms with Gasteiger partial charge < -0.3 is 29.7 Å². The minimum absolute atomic E-state index is 0.00602. The van der Waals surface area contributed by atoms with Crippen LogP contribution in [0.4, 0.5) is 17.1 Å². The largest absolute Gasteiger partial charge is 0.497 e. The van der Waals surface area contributed by atoms with Gasteiger partial charge >= 0.3 is 0 Å². The minimum atomic E-state index is -2.45. The maximum absolute atomic E-state index is 15.7. The normalized spacial score (nSPS) is 22.8. The molecule has 0 aliphatic carbocycles. The highest BCUT2D eigenvalue weighted by Gasteiger charge is 2.66. The summed E-state index contributed by atoms with van der Waals surface area (Å²) in [5.74, 6) is 0.237. The lowest BCUT2D eigenvalue weighted by molar-refractivity contribution is -0.146. The molecule has 3 saturated heterocycles. The summed E-state index contributed by atoms with van der Waals surface area (Å²) in [6.45, 7) is 9.60. The van der Waals surface area contributed by atoms with Crippen LogP contribution < -0.4 is 29.9 Å². The number of aliphatic hydroxyl groups excluding tert-OH is 1. The van der Waals surface area contributed by atoms with Gasteiger partial charge in [-0.1, -0.05) is 115 Å². The first kappa shape index (κ1) is 45.0. The highest BCUT2D eigenvalue weighted by atomic mass is 35.5. The predicted octanol–water partition coefficient (Wildman–Crippen LogP) is 7.85. The number of para-hydroxylation sites is 1. The highest BCUT2D eigenvalue weighted by molar-refractivity contribution is 6.91. The molecule has 0 saturated carbocycles. The van der Waals surface area contributed by atoms with Crippen LogP contribution in [-0.2, 0) is 33.0 Å². The first-order chi connectivity index (χ1) is 32.5. The monoisotopic (exact) mass is 935 g/mol. The van der Waals surface area contributed by atoms with Crippen molar-refractivity contribution in [3.8, 4) is 5.75 Å². The third-order valence-corrected chi connectivity index (χ3v) is 19.8. The average Bonchev–Trinajstić information content (AvgIpc) is 4.08. The summed E-state index contributed by atoms with van der Waals surface area (Å²) >= 11 is 6.86. The Morgan fingerprint density at radius 3 is 2.33 bits per heavy atom. The van der Waals surface area contributed by atoms with Crippen LogP contribution in [0.25, 0.3) is 0 Å². The van der Waals surface area contributed by atoms with Crippen LogP contribution in [0.15, 0.2) is 134 Å². The number of nitrogens with one attached hydrogen (secondary N) is 1. The number of fused-ring (bicyclic) bond motifs is 2. The molecule has 346 valence electrons. The molecule has 2 N–H and O–H groups in total. The zero-order valence-electron chi connectivity index (χ0n) is 38.5. The Hall–Kier alpha value is -5.83. The van der Waals surface area contributed by atoms with Gasteiger partial charge in [-0.15, -0.1) is 5.10 Å². The molecule has 5 aromatic carbocycles. The van der Waals surface area contributed by atoms with Crippen molar-refractivity contribution in [1.29, 1.82) is 0 Å². The van der Waals surface area contributed by atoms with E-state index in [1.54, 1.807) is 7.11 Å². The molecular formula is C53H58ClN7O5Si. The van der Waals surface area contributed by atoms with Crippen LogP contribution >= 0.6 is 11.6 Å². The second-order valence-corrected chi connectivity index (χ2v) is 24.3. The number of halogens is 1. The van der Waals surface area contributed by atoms with Crippen molar-refractivity contribution in [3.05, 3.63) is 161 Å². The van der Waals surface area contributed by atoms with Crippen LogP contribution in [0, 0.1) is 5.92 Å². The highest BCUT2D eigenvalue weighted by Crippen LogP contribution is 2.60. The first-order valence-corrected chi connectivity index (χ1v) is 26.9. The number of benzene rings is 5. The number of aromatic nitrogens is 3. The molecule has 14 heteroatoms. The van der Waals surface area contributed by atoms with Crippen molar-refractivity contribution in [2.75, 3.05) is 48.2 Å². The van der Waals surface area contributed by atoms with Crippen LogP contribution in [-0.4, -0.2) is 85.1 Å². The van der Waals surface area contributed by atoms with Gasteiger partial charge in [0.2, 0.25) is 0 Å². The van der Waals surface area contributed by atoms with E-state index in [-0.39, 0.29) is 48.4 Å². The van der Waals surface area contributed by atoms with E-state index in [0.717, 1.165) is 65.4 Å². The van der Waals surface area contributed by atoms with Gasteiger partial charge in [-0.3, -0.25) is 19.2 Å². The molecule has 67 heavy (non-hydrogen) atoms. The number of rotatable bonds is 13. The number of aryl methyl sites for hydroxylation is 1. The topological polar surface area (TPSA) is 125 Å². The molecule has 3 fully saturated rings. The molecule has 5 atom stereocenters. The van der Waals surface area contributed by atoms with Crippen molar-refractivity contribution in [1.82, 2.24) is 20.3 Å². The lowest BCUT2D eigenvalue weighted by Crippen LogP contribution is -2.55. The van der Waals surface area contributed by atoms with E-state index in [2.05, 4.69) is 70.9 Å². The fourth-order valence-corrected chi connectivity index (χ4v) is 16.0. The van der Waals surface area contributed by atoms with E-state index in [0.29, 0.717) is 30.4 Å². The van der Waals surface area contributed by atoms with E-state index in [4.69, 9.17) is 21.1 Å². The van der Waals surface area contributed by atoms with Gasteiger partial charge in [0, 0.05) is 40.6 Å². The van der Waals surface area contributed by atoms with Gasteiger partial charge in [0.1, 0.15) is 11.3 Å². The Labute approximate surface area is 398 Å². The molecule has 0 bridgehead atoms. The van der Waals surface area contributed by atoms with Crippen molar-refractivity contribution in [2.45, 2.75) is 81.1 Å². The van der Waals surface area contributed by atoms with Crippen LogP contribution in [0.5, 0.6) is 5.75 Å². The van der Waals surface area contributed by atoms with Gasteiger partial charge in [-0.2, -0.15) is 0 Å². The Bertz CT molecular complexity index is 2750. The smallest absolute Gasteiger partial charge is 0.264 e. The van der Waals surface area contributed by atoms with Gasteiger partial charge in [0.15, 0.2) is 5.60 Å². The lowest BCUT2D eigenvalue weighted by Gasteiger charge is -2.39. The number of hydrogen-bond acceptors (Lipinski definition) is 9. The van der Waals surface area contributed by atoms with Crippen molar-refractivity contribution >= 4 is 53.7 Å². The van der Waals surface area contributed by atoms with E-state index in [9.17, 15) is 9.90 Å². The van der Waals surface area contributed by atoms with Crippen LogP contribution in [0.2, 0.25) is 23.7 Å². The SMILES string of the molecule is COc1ccc([Si](C)(C)[C@@H]2[C@@H](CCn3cc(C(CO)c4ccccc4)nn3)O[C@]3(C(=O)N(Cc4cccc(N5CN(c6ccccc6)C6(CCNCC6)C5=O)c4)c4ccc(Cl)cc43)[C@H]2C)cc1. The molecule has 10 rings (SSSR count). The molecular weight excluding hydrogens is 878 g/mol. The Balaban J connectivity index is 0.974. The fraction of sp³-hybridized carbons (Fsp3) is 0.358. The maximum Gasteiger partial charge on any atom is 0.264 e. The number of nitrogens with zero attached hydrogens (tertiary/aromatic N) is 6. The van der Waals surface area contributed by atoms with E-state index in [1.807, 2.05) is 118 Å². The summed E-state index contributed by atoms with van der Waals surface area (Å²) in [5, 5.41) is 24.7. The van der Waals surface area contributed by atoms with Crippen molar-refractivity contribution in [3.63, 3.8) is 0 Å². The quantitative estimate of drug-likeness (QED) is 0.112. The zero-order chi connectivity index (χ0) is 46.5. The number of amides is 2.